The summed E-state index contributed by atoms with van der Waals surface area (Å²) in [6.07, 6.45) is 20.0. The highest BCUT2D eigenvalue weighted by molar-refractivity contribution is 5.64. The lowest BCUT2D eigenvalue weighted by atomic mass is 9.63. The van der Waals surface area contributed by atoms with Gasteiger partial charge in [-0.3, -0.25) is 0 Å². The van der Waals surface area contributed by atoms with Gasteiger partial charge in [-0.2, -0.15) is 0 Å². The molecule has 0 bridgehead atoms. The smallest absolute Gasteiger partial charge is 0.127 e. The fourth-order valence-electron chi connectivity index (χ4n) is 6.40. The summed E-state index contributed by atoms with van der Waals surface area (Å²) >= 11 is 0. The molecule has 0 saturated heterocycles. The van der Waals surface area contributed by atoms with Crippen LogP contribution in [0.15, 0.2) is 60.7 Å². The van der Waals surface area contributed by atoms with E-state index in [1.807, 2.05) is 43.3 Å². The van der Waals surface area contributed by atoms with Crippen molar-refractivity contribution in [1.29, 1.82) is 0 Å². The average Bonchev–Trinajstić information content (AvgIpc) is 2.85. The molecule has 2 heteroatoms. The second kappa shape index (κ2) is 12.0. The molecule has 0 aliphatic heterocycles. The van der Waals surface area contributed by atoms with E-state index in [4.69, 9.17) is 0 Å². The molecule has 0 amide bonds. The molecule has 2 saturated carbocycles. The zero-order chi connectivity index (χ0) is 23.9. The quantitative estimate of drug-likeness (QED) is 0.342. The summed E-state index contributed by atoms with van der Waals surface area (Å²) in [5, 5.41) is 0. The summed E-state index contributed by atoms with van der Waals surface area (Å²) in [4.78, 5) is 0. The van der Waals surface area contributed by atoms with Crippen molar-refractivity contribution < 1.29 is 8.78 Å². The maximum atomic E-state index is 15.3. The highest BCUT2D eigenvalue weighted by Gasteiger charge is 2.36. The summed E-state index contributed by atoms with van der Waals surface area (Å²) in [6.45, 7) is 4.08. The van der Waals surface area contributed by atoms with E-state index in [1.165, 1.54) is 38.5 Å². The lowest BCUT2D eigenvalue weighted by molar-refractivity contribution is 0.114. The molecule has 4 unspecified atom stereocenters. The zero-order valence-electron chi connectivity index (χ0n) is 20.9. The first-order valence-electron chi connectivity index (χ1n) is 13.4. The number of hydrogen-bond acceptors (Lipinski definition) is 0. The van der Waals surface area contributed by atoms with Gasteiger partial charge in [0.25, 0.3) is 0 Å². The molecule has 2 aromatic rings. The van der Waals surface area contributed by atoms with Gasteiger partial charge < -0.3 is 0 Å². The van der Waals surface area contributed by atoms with Crippen molar-refractivity contribution in [3.05, 3.63) is 83.5 Å². The zero-order valence-corrected chi connectivity index (χ0v) is 20.9. The molecule has 0 spiro atoms. The normalized spacial score (nSPS) is 25.2. The van der Waals surface area contributed by atoms with Crippen LogP contribution in [0.4, 0.5) is 8.78 Å². The number of aryl methyl sites for hydroxylation is 1. The van der Waals surface area contributed by atoms with E-state index < -0.39 is 0 Å². The van der Waals surface area contributed by atoms with Crippen molar-refractivity contribution in [1.82, 2.24) is 0 Å². The summed E-state index contributed by atoms with van der Waals surface area (Å²) in [5.74, 6) is 2.45. The first kappa shape index (κ1) is 24.9. The third-order valence-electron chi connectivity index (χ3n) is 8.34. The molecule has 0 aromatic heterocycles. The molecule has 2 aliphatic rings. The van der Waals surface area contributed by atoms with Crippen molar-refractivity contribution in [2.24, 2.45) is 17.8 Å². The Balaban J connectivity index is 1.39. The van der Waals surface area contributed by atoms with Gasteiger partial charge in [0.1, 0.15) is 11.6 Å². The standard InChI is InChI=1S/C32H40F2/c1-3-5-7-9-23-11-12-26-20-29(16-15-25(26)19-23)30-18-17-28(22-32(30)34)27-14-13-24(31(33)21-27)10-8-6-4-2/h3-6,13-14,17-18,21-23,25-26,29H,7-12,15-16,19-20H2,1-2H3/b5-3+,6-4+. The van der Waals surface area contributed by atoms with Gasteiger partial charge in [-0.05, 0) is 130 Å². The predicted molar refractivity (Wildman–Crippen MR) is 140 cm³/mol. The van der Waals surface area contributed by atoms with Crippen LogP contribution < -0.4 is 0 Å². The monoisotopic (exact) mass is 462 g/mol. The Labute approximate surface area is 205 Å². The second-order valence-electron chi connectivity index (χ2n) is 10.5. The number of hydrogen-bond donors (Lipinski definition) is 0. The van der Waals surface area contributed by atoms with E-state index in [0.717, 1.165) is 53.7 Å². The molecule has 182 valence electrons. The molecular weight excluding hydrogens is 422 g/mol. The first-order valence-corrected chi connectivity index (χ1v) is 13.4. The van der Waals surface area contributed by atoms with Crippen molar-refractivity contribution in [2.75, 3.05) is 0 Å². The largest absolute Gasteiger partial charge is 0.207 e. The summed E-state index contributed by atoms with van der Waals surface area (Å²) in [5.41, 5.74) is 3.08. The van der Waals surface area contributed by atoms with Gasteiger partial charge in [0, 0.05) is 0 Å². The third kappa shape index (κ3) is 6.06. The molecule has 0 nitrogen and oxygen atoms in total. The average molecular weight is 463 g/mol. The first-order chi connectivity index (χ1) is 16.6. The number of allylic oxidation sites excluding steroid dienone is 4. The highest BCUT2D eigenvalue weighted by atomic mass is 19.1. The van der Waals surface area contributed by atoms with Gasteiger partial charge in [-0.1, -0.05) is 55.0 Å². The second-order valence-corrected chi connectivity index (χ2v) is 10.5. The summed E-state index contributed by atoms with van der Waals surface area (Å²) in [6, 6.07) is 10.9. The minimum absolute atomic E-state index is 0.126. The molecule has 34 heavy (non-hydrogen) atoms. The summed E-state index contributed by atoms with van der Waals surface area (Å²) in [7, 11) is 0. The third-order valence-corrected chi connectivity index (χ3v) is 8.34. The fourth-order valence-corrected chi connectivity index (χ4v) is 6.40. The molecular formula is C32H40F2. The molecule has 2 aliphatic carbocycles. The topological polar surface area (TPSA) is 0 Å². The summed E-state index contributed by atoms with van der Waals surface area (Å²) < 4.78 is 29.8. The van der Waals surface area contributed by atoms with E-state index in [2.05, 4.69) is 19.1 Å². The number of rotatable bonds is 8. The van der Waals surface area contributed by atoms with Gasteiger partial charge in [0.2, 0.25) is 0 Å². The Bertz CT molecular complexity index is 1000. The SMILES string of the molecule is C/C=C/CCc1ccc(-c2ccc(C3CCC4CC(CC/C=C/C)CCC4C3)c(F)c2)cc1F. The van der Waals surface area contributed by atoms with Crippen LogP contribution in [-0.2, 0) is 6.42 Å². The Hall–Kier alpha value is -2.22. The molecule has 4 rings (SSSR count). The number of fused-ring (bicyclic) bond motifs is 1. The maximum absolute atomic E-state index is 15.3. The number of halogens is 2. The van der Waals surface area contributed by atoms with E-state index >= 15 is 4.39 Å². The molecule has 0 heterocycles. The van der Waals surface area contributed by atoms with E-state index in [0.29, 0.717) is 17.9 Å². The van der Waals surface area contributed by atoms with Crippen molar-refractivity contribution in [3.63, 3.8) is 0 Å². The molecule has 0 radical (unpaired) electrons. The fraction of sp³-hybridized carbons (Fsp3) is 0.500. The van der Waals surface area contributed by atoms with Crippen LogP contribution in [0.1, 0.15) is 88.7 Å². The minimum Gasteiger partial charge on any atom is -0.207 e. The molecule has 2 fully saturated rings. The van der Waals surface area contributed by atoms with Gasteiger partial charge in [0.05, 0.1) is 0 Å². The van der Waals surface area contributed by atoms with Gasteiger partial charge in [-0.15, -0.1) is 0 Å². The van der Waals surface area contributed by atoms with Crippen LogP contribution in [0, 0.1) is 29.4 Å². The van der Waals surface area contributed by atoms with Crippen LogP contribution in [-0.4, -0.2) is 0 Å². The van der Waals surface area contributed by atoms with Crippen molar-refractivity contribution >= 4 is 0 Å². The minimum atomic E-state index is -0.203. The molecule has 2 aromatic carbocycles. The molecule has 0 N–H and O–H groups in total. The Kier molecular flexibility index (Phi) is 8.75. The van der Waals surface area contributed by atoms with Crippen LogP contribution >= 0.6 is 0 Å². The molecule has 4 atom stereocenters. The van der Waals surface area contributed by atoms with Gasteiger partial charge in [-0.25, -0.2) is 8.78 Å². The van der Waals surface area contributed by atoms with Crippen molar-refractivity contribution in [2.45, 2.75) is 84.0 Å². The Morgan fingerprint density at radius 1 is 0.765 bits per heavy atom. The number of benzene rings is 2. The van der Waals surface area contributed by atoms with Gasteiger partial charge >= 0.3 is 0 Å². The maximum Gasteiger partial charge on any atom is 0.127 e. The predicted octanol–water partition coefficient (Wildman–Crippen LogP) is 9.80. The lowest BCUT2D eigenvalue weighted by Crippen LogP contribution is -2.30. The van der Waals surface area contributed by atoms with E-state index in [-0.39, 0.29) is 11.6 Å². The lowest BCUT2D eigenvalue weighted by Gasteiger charge is -2.42. The van der Waals surface area contributed by atoms with Crippen LogP contribution in [0.3, 0.4) is 0 Å². The van der Waals surface area contributed by atoms with Crippen LogP contribution in [0.25, 0.3) is 11.1 Å². The van der Waals surface area contributed by atoms with Gasteiger partial charge in [0.15, 0.2) is 0 Å². The van der Waals surface area contributed by atoms with E-state index in [1.54, 1.807) is 12.1 Å². The van der Waals surface area contributed by atoms with Crippen LogP contribution in [0.5, 0.6) is 0 Å². The Morgan fingerprint density at radius 3 is 2.18 bits per heavy atom. The van der Waals surface area contributed by atoms with E-state index in [9.17, 15) is 4.39 Å². The Morgan fingerprint density at radius 2 is 1.44 bits per heavy atom. The highest BCUT2D eigenvalue weighted by Crippen LogP contribution is 2.48. The van der Waals surface area contributed by atoms with Crippen LogP contribution in [0.2, 0.25) is 0 Å². The van der Waals surface area contributed by atoms with Crippen molar-refractivity contribution in [3.8, 4) is 11.1 Å².